The number of para-hydroxylation sites is 3. The van der Waals surface area contributed by atoms with Gasteiger partial charge < -0.3 is 14.8 Å². The second-order valence-electron chi connectivity index (χ2n) is 5.74. The standard InChI is InChI=1S/C19H18N4O4/c1-12-8-4-6-10-15(12)27-19-20-13(2)17(23(24)25)18(22-19)21-14-9-5-7-11-16(14)26-3/h4-11H,1-3H3,(H,20,21,22). The molecule has 0 aliphatic carbocycles. The highest BCUT2D eigenvalue weighted by Gasteiger charge is 2.24. The van der Waals surface area contributed by atoms with E-state index in [1.54, 1.807) is 30.3 Å². The highest BCUT2D eigenvalue weighted by atomic mass is 16.6. The molecule has 3 rings (SSSR count). The minimum absolute atomic E-state index is 0.0183. The van der Waals surface area contributed by atoms with Crippen molar-refractivity contribution in [2.24, 2.45) is 0 Å². The Kier molecular flexibility index (Phi) is 5.16. The number of nitrogens with zero attached hydrogens (tertiary/aromatic N) is 3. The fourth-order valence-electron chi connectivity index (χ4n) is 2.54. The minimum Gasteiger partial charge on any atom is -0.495 e. The molecular formula is C19H18N4O4. The van der Waals surface area contributed by atoms with Crippen LogP contribution in [-0.2, 0) is 0 Å². The quantitative estimate of drug-likeness (QED) is 0.505. The predicted molar refractivity (Wildman–Crippen MR) is 101 cm³/mol. The lowest BCUT2D eigenvalue weighted by Crippen LogP contribution is -2.06. The third-order valence-corrected chi connectivity index (χ3v) is 3.88. The van der Waals surface area contributed by atoms with Crippen molar-refractivity contribution in [3.05, 3.63) is 69.9 Å². The molecule has 1 heterocycles. The third-order valence-electron chi connectivity index (χ3n) is 3.88. The second-order valence-corrected chi connectivity index (χ2v) is 5.74. The summed E-state index contributed by atoms with van der Waals surface area (Å²) < 4.78 is 11.0. The largest absolute Gasteiger partial charge is 0.495 e. The topological polar surface area (TPSA) is 99.4 Å². The number of benzene rings is 2. The maximum Gasteiger partial charge on any atom is 0.332 e. The highest BCUT2D eigenvalue weighted by Crippen LogP contribution is 2.34. The first-order valence-electron chi connectivity index (χ1n) is 8.16. The molecule has 3 aromatic rings. The first kappa shape index (κ1) is 18.1. The monoisotopic (exact) mass is 366 g/mol. The first-order valence-corrected chi connectivity index (χ1v) is 8.16. The maximum absolute atomic E-state index is 11.5. The summed E-state index contributed by atoms with van der Waals surface area (Å²) in [5, 5.41) is 14.5. The van der Waals surface area contributed by atoms with E-state index in [0.717, 1.165) is 5.56 Å². The molecule has 0 atom stereocenters. The molecule has 0 saturated heterocycles. The third kappa shape index (κ3) is 3.95. The van der Waals surface area contributed by atoms with Crippen molar-refractivity contribution >= 4 is 17.2 Å². The van der Waals surface area contributed by atoms with Crippen molar-refractivity contribution in [1.29, 1.82) is 0 Å². The van der Waals surface area contributed by atoms with Gasteiger partial charge in [-0.2, -0.15) is 9.97 Å². The predicted octanol–water partition coefficient (Wildman–Crippen LogP) is 4.55. The normalized spacial score (nSPS) is 10.3. The first-order chi connectivity index (χ1) is 13.0. The van der Waals surface area contributed by atoms with E-state index in [0.29, 0.717) is 17.2 Å². The molecule has 1 aromatic heterocycles. The van der Waals surface area contributed by atoms with Gasteiger partial charge in [-0.3, -0.25) is 10.1 Å². The van der Waals surface area contributed by atoms with Gasteiger partial charge >= 0.3 is 11.7 Å². The molecule has 8 heteroatoms. The molecule has 8 nitrogen and oxygen atoms in total. The lowest BCUT2D eigenvalue weighted by molar-refractivity contribution is -0.385. The Balaban J connectivity index is 2.04. The van der Waals surface area contributed by atoms with Crippen LogP contribution < -0.4 is 14.8 Å². The number of rotatable bonds is 6. The lowest BCUT2D eigenvalue weighted by Gasteiger charge is -2.13. The van der Waals surface area contributed by atoms with Crippen molar-refractivity contribution in [2.75, 3.05) is 12.4 Å². The number of hydrogen-bond donors (Lipinski definition) is 1. The molecule has 0 spiro atoms. The van der Waals surface area contributed by atoms with Gasteiger partial charge in [-0.25, -0.2) is 0 Å². The molecule has 27 heavy (non-hydrogen) atoms. The molecule has 0 fully saturated rings. The lowest BCUT2D eigenvalue weighted by atomic mass is 10.2. The van der Waals surface area contributed by atoms with Crippen LogP contribution in [0.4, 0.5) is 17.2 Å². The maximum atomic E-state index is 11.5. The Labute approximate surface area is 156 Å². The summed E-state index contributed by atoms with van der Waals surface area (Å²) in [4.78, 5) is 19.4. The van der Waals surface area contributed by atoms with Crippen LogP contribution in [-0.4, -0.2) is 22.0 Å². The Bertz CT molecular complexity index is 991. The number of ether oxygens (including phenoxy) is 2. The van der Waals surface area contributed by atoms with Crippen molar-refractivity contribution in [1.82, 2.24) is 9.97 Å². The summed E-state index contributed by atoms with van der Waals surface area (Å²) in [6, 6.07) is 14.5. The van der Waals surface area contributed by atoms with E-state index >= 15 is 0 Å². The van der Waals surface area contributed by atoms with Crippen LogP contribution in [0.25, 0.3) is 0 Å². The van der Waals surface area contributed by atoms with Gasteiger partial charge in [0.05, 0.1) is 17.7 Å². The molecule has 0 aliphatic heterocycles. The summed E-state index contributed by atoms with van der Waals surface area (Å²) in [7, 11) is 1.52. The Morgan fingerprint density at radius 2 is 1.67 bits per heavy atom. The molecule has 0 aliphatic rings. The van der Waals surface area contributed by atoms with Crippen LogP contribution in [0.15, 0.2) is 48.5 Å². The van der Waals surface area contributed by atoms with Gasteiger partial charge in [0.1, 0.15) is 17.2 Å². The molecule has 0 saturated carbocycles. The summed E-state index contributed by atoms with van der Waals surface area (Å²) in [5.74, 6) is 1.14. The minimum atomic E-state index is -0.523. The van der Waals surface area contributed by atoms with Crippen LogP contribution in [0.3, 0.4) is 0 Å². The molecule has 0 amide bonds. The number of aromatic nitrogens is 2. The number of aryl methyl sites for hydroxylation is 2. The van der Waals surface area contributed by atoms with E-state index in [1.807, 2.05) is 25.1 Å². The fourth-order valence-corrected chi connectivity index (χ4v) is 2.54. The fraction of sp³-hybridized carbons (Fsp3) is 0.158. The number of methoxy groups -OCH3 is 1. The van der Waals surface area contributed by atoms with Crippen LogP contribution in [0.1, 0.15) is 11.3 Å². The molecular weight excluding hydrogens is 348 g/mol. The van der Waals surface area contributed by atoms with Crippen LogP contribution in [0.2, 0.25) is 0 Å². The summed E-state index contributed by atoms with van der Waals surface area (Å²) in [5.41, 5.74) is 1.41. The zero-order chi connectivity index (χ0) is 19.4. The van der Waals surface area contributed by atoms with E-state index in [9.17, 15) is 10.1 Å². The van der Waals surface area contributed by atoms with Crippen molar-refractivity contribution in [3.63, 3.8) is 0 Å². The molecule has 0 bridgehead atoms. The van der Waals surface area contributed by atoms with Crippen molar-refractivity contribution in [3.8, 4) is 17.5 Å². The summed E-state index contributed by atoms with van der Waals surface area (Å²) >= 11 is 0. The number of anilines is 2. The van der Waals surface area contributed by atoms with Gasteiger partial charge in [0.25, 0.3) is 0 Å². The van der Waals surface area contributed by atoms with Crippen LogP contribution >= 0.6 is 0 Å². The molecule has 0 radical (unpaired) electrons. The van der Waals surface area contributed by atoms with E-state index in [4.69, 9.17) is 9.47 Å². The molecule has 2 aromatic carbocycles. The zero-order valence-corrected chi connectivity index (χ0v) is 15.1. The van der Waals surface area contributed by atoms with Crippen molar-refractivity contribution in [2.45, 2.75) is 13.8 Å². The Morgan fingerprint density at radius 1 is 1.00 bits per heavy atom. The van der Waals surface area contributed by atoms with E-state index in [2.05, 4.69) is 15.3 Å². The van der Waals surface area contributed by atoms with E-state index < -0.39 is 4.92 Å². The Hall–Kier alpha value is -3.68. The number of nitro groups is 1. The van der Waals surface area contributed by atoms with Crippen LogP contribution in [0, 0.1) is 24.0 Å². The molecule has 138 valence electrons. The molecule has 0 unspecified atom stereocenters. The van der Waals surface area contributed by atoms with Crippen LogP contribution in [0.5, 0.6) is 17.5 Å². The SMILES string of the molecule is COc1ccccc1Nc1nc(Oc2ccccc2C)nc(C)c1[N+](=O)[O-]. The zero-order valence-electron chi connectivity index (χ0n) is 15.1. The van der Waals surface area contributed by atoms with Gasteiger partial charge in [-0.15, -0.1) is 0 Å². The number of nitrogens with one attached hydrogen (secondary N) is 1. The van der Waals surface area contributed by atoms with E-state index in [1.165, 1.54) is 14.0 Å². The highest BCUT2D eigenvalue weighted by molar-refractivity contribution is 5.71. The van der Waals surface area contributed by atoms with Gasteiger partial charge in [-0.1, -0.05) is 30.3 Å². The number of hydrogen-bond acceptors (Lipinski definition) is 7. The molecule has 1 N–H and O–H groups in total. The summed E-state index contributed by atoms with van der Waals surface area (Å²) in [6.07, 6.45) is 0. The van der Waals surface area contributed by atoms with Gasteiger partial charge in [0, 0.05) is 0 Å². The van der Waals surface area contributed by atoms with Gasteiger partial charge in [0.15, 0.2) is 0 Å². The van der Waals surface area contributed by atoms with Crippen molar-refractivity contribution < 1.29 is 14.4 Å². The Morgan fingerprint density at radius 3 is 2.33 bits per heavy atom. The smallest absolute Gasteiger partial charge is 0.332 e. The van der Waals surface area contributed by atoms with E-state index in [-0.39, 0.29) is 23.2 Å². The second kappa shape index (κ2) is 7.69. The summed E-state index contributed by atoms with van der Waals surface area (Å²) in [6.45, 7) is 3.43. The van der Waals surface area contributed by atoms with Gasteiger partial charge in [0.2, 0.25) is 5.82 Å². The average molecular weight is 366 g/mol. The van der Waals surface area contributed by atoms with Gasteiger partial charge in [-0.05, 0) is 37.6 Å². The average Bonchev–Trinajstić information content (AvgIpc) is 2.63.